The van der Waals surface area contributed by atoms with Crippen molar-refractivity contribution in [1.82, 2.24) is 0 Å². The molecule has 3 rings (SSSR count). The van der Waals surface area contributed by atoms with Crippen molar-refractivity contribution in [2.24, 2.45) is 0 Å². The molecule has 0 radical (unpaired) electrons. The minimum atomic E-state index is -0.324. The lowest BCUT2D eigenvalue weighted by molar-refractivity contribution is -0.144. The van der Waals surface area contributed by atoms with Gasteiger partial charge in [-0.15, -0.1) is 0 Å². The van der Waals surface area contributed by atoms with Crippen LogP contribution in [0.15, 0.2) is 35.6 Å². The van der Waals surface area contributed by atoms with Crippen LogP contribution in [-0.4, -0.2) is 25.5 Å². The highest BCUT2D eigenvalue weighted by molar-refractivity contribution is 5.89. The highest BCUT2D eigenvalue weighted by atomic mass is 16.7. The van der Waals surface area contributed by atoms with Gasteiger partial charge in [0.15, 0.2) is 11.5 Å². The van der Waals surface area contributed by atoms with Crippen LogP contribution in [0.25, 0.3) is 6.08 Å². The van der Waals surface area contributed by atoms with Crippen LogP contribution < -0.4 is 9.47 Å². The first-order valence-electron chi connectivity index (χ1n) is 7.28. The van der Waals surface area contributed by atoms with E-state index in [-0.39, 0.29) is 18.9 Å². The first kappa shape index (κ1) is 14.5. The monoisotopic (exact) mass is 302 g/mol. The van der Waals surface area contributed by atoms with Crippen LogP contribution in [0, 0.1) is 0 Å². The highest BCUT2D eigenvalue weighted by Crippen LogP contribution is 2.33. The highest BCUT2D eigenvalue weighted by Gasteiger charge is 2.25. The van der Waals surface area contributed by atoms with E-state index in [9.17, 15) is 4.79 Å². The van der Waals surface area contributed by atoms with Crippen molar-refractivity contribution >= 4 is 12.0 Å². The molecule has 2 aliphatic rings. The molecule has 1 unspecified atom stereocenters. The summed E-state index contributed by atoms with van der Waals surface area (Å²) in [5, 5.41) is 0. The summed E-state index contributed by atoms with van der Waals surface area (Å²) < 4.78 is 21.5. The van der Waals surface area contributed by atoms with Gasteiger partial charge in [0.25, 0.3) is 0 Å². The number of carbonyl (C=O) groups excluding carboxylic acids is 1. The third-order valence-electron chi connectivity index (χ3n) is 3.59. The van der Waals surface area contributed by atoms with Crippen LogP contribution in [-0.2, 0) is 14.3 Å². The molecule has 0 bridgehead atoms. The number of rotatable bonds is 4. The standard InChI is InChI=1S/C17H18O5/c1-3-19-15-9-13(22-17(18)11(15)2)6-4-12-5-7-14-16(8-12)21-10-20-14/h4-8,13H,3,9-10H2,1-2H3/b6-4+. The van der Waals surface area contributed by atoms with Crippen LogP contribution in [0.2, 0.25) is 0 Å². The Bertz CT molecular complexity index is 644. The lowest BCUT2D eigenvalue weighted by atomic mass is 10.1. The summed E-state index contributed by atoms with van der Waals surface area (Å²) in [6.07, 6.45) is 4.01. The summed E-state index contributed by atoms with van der Waals surface area (Å²) in [5.41, 5.74) is 1.51. The number of hydrogen-bond donors (Lipinski definition) is 0. The second kappa shape index (κ2) is 6.13. The van der Waals surface area contributed by atoms with Crippen molar-refractivity contribution in [3.8, 4) is 11.5 Å². The molecule has 0 fully saturated rings. The Morgan fingerprint density at radius 3 is 2.95 bits per heavy atom. The number of cyclic esters (lactones) is 1. The van der Waals surface area contributed by atoms with Gasteiger partial charge in [-0.3, -0.25) is 0 Å². The maximum atomic E-state index is 11.8. The Hall–Kier alpha value is -2.43. The van der Waals surface area contributed by atoms with Crippen molar-refractivity contribution < 1.29 is 23.7 Å². The fourth-order valence-corrected chi connectivity index (χ4v) is 2.40. The molecule has 2 aliphatic heterocycles. The minimum Gasteiger partial charge on any atom is -0.498 e. The molecular weight excluding hydrogens is 284 g/mol. The van der Waals surface area contributed by atoms with E-state index in [1.807, 2.05) is 37.3 Å². The zero-order chi connectivity index (χ0) is 15.5. The second-order valence-corrected chi connectivity index (χ2v) is 5.10. The Morgan fingerprint density at radius 2 is 2.14 bits per heavy atom. The van der Waals surface area contributed by atoms with Gasteiger partial charge in [0.05, 0.1) is 12.2 Å². The second-order valence-electron chi connectivity index (χ2n) is 5.10. The summed E-state index contributed by atoms with van der Waals surface area (Å²) in [7, 11) is 0. The number of carbonyl (C=O) groups is 1. The fourth-order valence-electron chi connectivity index (χ4n) is 2.40. The van der Waals surface area contributed by atoms with E-state index in [4.69, 9.17) is 18.9 Å². The largest absolute Gasteiger partial charge is 0.498 e. The molecule has 2 heterocycles. The van der Waals surface area contributed by atoms with Gasteiger partial charge in [-0.2, -0.15) is 0 Å². The molecule has 1 atom stereocenters. The SMILES string of the molecule is CCOC1=C(C)C(=O)OC(/C=C/c2ccc3c(c2)OCO3)C1. The maximum absolute atomic E-state index is 11.8. The van der Waals surface area contributed by atoms with Gasteiger partial charge >= 0.3 is 5.97 Å². The van der Waals surface area contributed by atoms with Gasteiger partial charge in [-0.25, -0.2) is 4.79 Å². The molecular formula is C17H18O5. The molecule has 0 saturated heterocycles. The summed E-state index contributed by atoms with van der Waals surface area (Å²) >= 11 is 0. The number of ether oxygens (including phenoxy) is 4. The molecule has 0 aliphatic carbocycles. The van der Waals surface area contributed by atoms with Gasteiger partial charge in [-0.05, 0) is 37.6 Å². The Morgan fingerprint density at radius 1 is 1.32 bits per heavy atom. The average Bonchev–Trinajstić information content (AvgIpc) is 2.97. The van der Waals surface area contributed by atoms with Gasteiger partial charge in [-0.1, -0.05) is 12.1 Å². The molecule has 22 heavy (non-hydrogen) atoms. The van der Waals surface area contributed by atoms with Crippen molar-refractivity contribution in [2.45, 2.75) is 26.4 Å². The molecule has 0 N–H and O–H groups in total. The van der Waals surface area contributed by atoms with E-state index in [1.165, 1.54) is 0 Å². The average molecular weight is 302 g/mol. The van der Waals surface area contributed by atoms with E-state index in [2.05, 4.69) is 0 Å². The molecule has 0 amide bonds. The summed E-state index contributed by atoms with van der Waals surface area (Å²) in [6.45, 7) is 4.42. The summed E-state index contributed by atoms with van der Waals surface area (Å²) in [5.74, 6) is 1.86. The molecule has 0 aromatic heterocycles. The fraction of sp³-hybridized carbons (Fsp3) is 0.353. The Labute approximate surface area is 129 Å². The molecule has 0 spiro atoms. The predicted molar refractivity (Wildman–Crippen MR) is 80.4 cm³/mol. The molecule has 0 saturated carbocycles. The van der Waals surface area contributed by atoms with Crippen LogP contribution in [0.4, 0.5) is 0 Å². The number of hydrogen-bond acceptors (Lipinski definition) is 5. The van der Waals surface area contributed by atoms with Gasteiger partial charge < -0.3 is 18.9 Å². The topological polar surface area (TPSA) is 54.0 Å². The number of esters is 1. The van der Waals surface area contributed by atoms with Crippen molar-refractivity contribution in [1.29, 1.82) is 0 Å². The Balaban J connectivity index is 1.72. The van der Waals surface area contributed by atoms with Crippen LogP contribution in [0.3, 0.4) is 0 Å². The molecule has 1 aromatic rings. The molecule has 1 aromatic carbocycles. The van der Waals surface area contributed by atoms with Crippen molar-refractivity contribution in [3.63, 3.8) is 0 Å². The number of benzene rings is 1. The van der Waals surface area contributed by atoms with Gasteiger partial charge in [0, 0.05) is 6.42 Å². The van der Waals surface area contributed by atoms with Gasteiger partial charge in [0.2, 0.25) is 6.79 Å². The lowest BCUT2D eigenvalue weighted by Crippen LogP contribution is -2.25. The van der Waals surface area contributed by atoms with Gasteiger partial charge in [0.1, 0.15) is 11.9 Å². The minimum absolute atomic E-state index is 0.254. The first-order chi connectivity index (χ1) is 10.7. The van der Waals surface area contributed by atoms with Crippen molar-refractivity contribution in [3.05, 3.63) is 41.2 Å². The van der Waals surface area contributed by atoms with Crippen molar-refractivity contribution in [2.75, 3.05) is 13.4 Å². The summed E-state index contributed by atoms with van der Waals surface area (Å²) in [4.78, 5) is 11.8. The van der Waals surface area contributed by atoms with E-state index in [1.54, 1.807) is 6.92 Å². The number of fused-ring (bicyclic) bond motifs is 1. The van der Waals surface area contributed by atoms with E-state index in [0.29, 0.717) is 24.4 Å². The molecule has 5 heteroatoms. The third-order valence-corrected chi connectivity index (χ3v) is 3.59. The van der Waals surface area contributed by atoms with E-state index < -0.39 is 0 Å². The predicted octanol–water partition coefficient (Wildman–Crippen LogP) is 3.05. The van der Waals surface area contributed by atoms with Crippen LogP contribution in [0.5, 0.6) is 11.5 Å². The molecule has 5 nitrogen and oxygen atoms in total. The van der Waals surface area contributed by atoms with E-state index >= 15 is 0 Å². The van der Waals surface area contributed by atoms with Crippen LogP contribution in [0.1, 0.15) is 25.8 Å². The normalized spacial score (nSPS) is 20.5. The zero-order valence-corrected chi connectivity index (χ0v) is 12.6. The quantitative estimate of drug-likeness (QED) is 0.800. The van der Waals surface area contributed by atoms with E-state index in [0.717, 1.165) is 17.1 Å². The maximum Gasteiger partial charge on any atom is 0.337 e. The third kappa shape index (κ3) is 2.93. The Kier molecular flexibility index (Phi) is 4.04. The zero-order valence-electron chi connectivity index (χ0n) is 12.6. The van der Waals surface area contributed by atoms with Crippen LogP contribution >= 0.6 is 0 Å². The summed E-state index contributed by atoms with van der Waals surface area (Å²) in [6, 6.07) is 5.69. The first-order valence-corrected chi connectivity index (χ1v) is 7.28. The smallest absolute Gasteiger partial charge is 0.337 e. The lowest BCUT2D eigenvalue weighted by Gasteiger charge is -2.23. The molecule has 116 valence electrons.